The van der Waals surface area contributed by atoms with E-state index in [2.05, 4.69) is 0 Å². The standard InChI is InChI=1S/C10H10ClNO3S/c1-7-2-3-8(6-9(7)11)12-10(13)4-5-16(12,14)15/h2-3,6H,4-5H2,1H3. The van der Waals surface area contributed by atoms with Crippen LogP contribution in [0.3, 0.4) is 0 Å². The van der Waals surface area contributed by atoms with Crippen molar-refractivity contribution < 1.29 is 13.2 Å². The van der Waals surface area contributed by atoms with E-state index in [1.165, 1.54) is 6.07 Å². The minimum Gasteiger partial charge on any atom is -0.273 e. The number of rotatable bonds is 1. The monoisotopic (exact) mass is 259 g/mol. The Kier molecular flexibility index (Phi) is 2.67. The van der Waals surface area contributed by atoms with Gasteiger partial charge < -0.3 is 0 Å². The van der Waals surface area contributed by atoms with Crippen LogP contribution < -0.4 is 4.31 Å². The van der Waals surface area contributed by atoms with E-state index in [9.17, 15) is 13.2 Å². The van der Waals surface area contributed by atoms with E-state index >= 15 is 0 Å². The molecule has 6 heteroatoms. The van der Waals surface area contributed by atoms with Gasteiger partial charge in [0, 0.05) is 11.4 Å². The Morgan fingerprint density at radius 1 is 1.38 bits per heavy atom. The zero-order valence-electron chi connectivity index (χ0n) is 8.60. The number of anilines is 1. The molecule has 0 atom stereocenters. The lowest BCUT2D eigenvalue weighted by atomic mass is 10.2. The third-order valence-electron chi connectivity index (χ3n) is 2.47. The molecule has 0 bridgehead atoms. The van der Waals surface area contributed by atoms with Crippen molar-refractivity contribution in [1.29, 1.82) is 0 Å². The van der Waals surface area contributed by atoms with Crippen molar-refractivity contribution in [2.45, 2.75) is 13.3 Å². The molecule has 86 valence electrons. The van der Waals surface area contributed by atoms with Crippen LogP contribution in [0.2, 0.25) is 5.02 Å². The molecule has 16 heavy (non-hydrogen) atoms. The van der Waals surface area contributed by atoms with Gasteiger partial charge in [-0.05, 0) is 24.6 Å². The van der Waals surface area contributed by atoms with Crippen molar-refractivity contribution in [1.82, 2.24) is 0 Å². The van der Waals surface area contributed by atoms with Crippen molar-refractivity contribution >= 4 is 33.2 Å². The first-order chi connectivity index (χ1) is 7.42. The van der Waals surface area contributed by atoms with Gasteiger partial charge in [-0.15, -0.1) is 0 Å². The van der Waals surface area contributed by atoms with Crippen LogP contribution in [0, 0.1) is 6.92 Å². The third kappa shape index (κ3) is 1.81. The number of carbonyl (C=O) groups excluding carboxylic acids is 1. The highest BCUT2D eigenvalue weighted by Crippen LogP contribution is 2.28. The number of halogens is 1. The van der Waals surface area contributed by atoms with Gasteiger partial charge in [-0.2, -0.15) is 0 Å². The molecule has 1 fully saturated rings. The van der Waals surface area contributed by atoms with Crippen LogP contribution in [0.15, 0.2) is 18.2 Å². The van der Waals surface area contributed by atoms with Crippen LogP contribution in [0.5, 0.6) is 0 Å². The van der Waals surface area contributed by atoms with Gasteiger partial charge in [0.2, 0.25) is 15.9 Å². The van der Waals surface area contributed by atoms with Crippen molar-refractivity contribution in [2.75, 3.05) is 10.1 Å². The Morgan fingerprint density at radius 3 is 2.56 bits per heavy atom. The number of amides is 1. The lowest BCUT2D eigenvalue weighted by Crippen LogP contribution is -2.29. The highest BCUT2D eigenvalue weighted by atomic mass is 35.5. The number of sulfonamides is 1. The molecule has 1 aliphatic rings. The molecule has 1 aromatic rings. The van der Waals surface area contributed by atoms with Gasteiger partial charge in [0.1, 0.15) is 0 Å². The normalized spacial score (nSPS) is 19.1. The van der Waals surface area contributed by atoms with Crippen molar-refractivity contribution in [3.8, 4) is 0 Å². The van der Waals surface area contributed by atoms with Gasteiger partial charge >= 0.3 is 0 Å². The number of carbonyl (C=O) groups is 1. The summed E-state index contributed by atoms with van der Waals surface area (Å²) in [6.45, 7) is 1.81. The van der Waals surface area contributed by atoms with Crippen LogP contribution >= 0.6 is 11.6 Å². The lowest BCUT2D eigenvalue weighted by molar-refractivity contribution is -0.116. The van der Waals surface area contributed by atoms with Gasteiger partial charge in [0.05, 0.1) is 11.4 Å². The van der Waals surface area contributed by atoms with Gasteiger partial charge in [-0.1, -0.05) is 17.7 Å². The molecule has 0 aromatic heterocycles. The SMILES string of the molecule is Cc1ccc(N2C(=O)CCS2(=O)=O)cc1Cl. The Morgan fingerprint density at radius 2 is 2.06 bits per heavy atom. The highest BCUT2D eigenvalue weighted by molar-refractivity contribution is 7.94. The lowest BCUT2D eigenvalue weighted by Gasteiger charge is -2.15. The molecule has 1 saturated heterocycles. The molecule has 0 saturated carbocycles. The maximum atomic E-state index is 11.6. The number of hydrogen-bond acceptors (Lipinski definition) is 3. The number of nitrogens with zero attached hydrogens (tertiary/aromatic N) is 1. The molecule has 2 rings (SSSR count). The van der Waals surface area contributed by atoms with Crippen LogP contribution in [-0.2, 0) is 14.8 Å². The summed E-state index contributed by atoms with van der Waals surface area (Å²) < 4.78 is 24.1. The van der Waals surface area contributed by atoms with Crippen LogP contribution in [-0.4, -0.2) is 20.1 Å². The Bertz CT molecular complexity index is 553. The molecule has 0 spiro atoms. The zero-order valence-corrected chi connectivity index (χ0v) is 10.2. The summed E-state index contributed by atoms with van der Waals surface area (Å²) in [5.41, 5.74) is 1.16. The van der Waals surface area contributed by atoms with Gasteiger partial charge in [-0.25, -0.2) is 12.7 Å². The largest absolute Gasteiger partial charge is 0.273 e. The Balaban J connectivity index is 2.52. The second kappa shape index (κ2) is 3.75. The molecule has 0 aliphatic carbocycles. The van der Waals surface area contributed by atoms with Crippen LogP contribution in [0.1, 0.15) is 12.0 Å². The van der Waals surface area contributed by atoms with E-state index in [1.807, 2.05) is 6.92 Å². The summed E-state index contributed by atoms with van der Waals surface area (Å²) in [5.74, 6) is -0.531. The molecule has 4 nitrogen and oxygen atoms in total. The van der Waals surface area contributed by atoms with Gasteiger partial charge in [-0.3, -0.25) is 4.79 Å². The molecular weight excluding hydrogens is 250 g/mol. The second-order valence-electron chi connectivity index (χ2n) is 3.66. The summed E-state index contributed by atoms with van der Waals surface area (Å²) in [6.07, 6.45) is 0.0355. The minimum absolute atomic E-state index is 0.0355. The Labute approximate surface area is 98.9 Å². The summed E-state index contributed by atoms with van der Waals surface area (Å²) in [5, 5.41) is 0.451. The van der Waals surface area contributed by atoms with E-state index in [0.717, 1.165) is 9.87 Å². The van der Waals surface area contributed by atoms with Gasteiger partial charge in [0.25, 0.3) is 0 Å². The molecule has 1 heterocycles. The average Bonchev–Trinajstić information content (AvgIpc) is 2.46. The fraction of sp³-hybridized carbons (Fsp3) is 0.300. The van der Waals surface area contributed by atoms with Crippen molar-refractivity contribution in [3.63, 3.8) is 0 Å². The summed E-state index contributed by atoms with van der Waals surface area (Å²) in [7, 11) is -3.49. The quantitative estimate of drug-likeness (QED) is 0.772. The second-order valence-corrected chi connectivity index (χ2v) is 6.00. The summed E-state index contributed by atoms with van der Waals surface area (Å²) >= 11 is 5.90. The summed E-state index contributed by atoms with van der Waals surface area (Å²) in [4.78, 5) is 11.5. The fourth-order valence-electron chi connectivity index (χ4n) is 1.58. The minimum atomic E-state index is -3.49. The molecular formula is C10H10ClNO3S. The maximum absolute atomic E-state index is 11.6. The molecule has 0 N–H and O–H groups in total. The molecule has 0 unspecified atom stereocenters. The molecule has 1 aromatic carbocycles. The Hall–Kier alpha value is -1.07. The predicted molar refractivity (Wildman–Crippen MR) is 62.1 cm³/mol. The third-order valence-corrected chi connectivity index (χ3v) is 4.57. The fourth-order valence-corrected chi connectivity index (χ4v) is 3.20. The maximum Gasteiger partial charge on any atom is 0.242 e. The van der Waals surface area contributed by atoms with E-state index in [0.29, 0.717) is 10.7 Å². The molecule has 1 aliphatic heterocycles. The first-order valence-electron chi connectivity index (χ1n) is 4.74. The zero-order chi connectivity index (χ0) is 11.9. The molecule has 1 amide bonds. The van der Waals surface area contributed by atoms with E-state index < -0.39 is 15.9 Å². The van der Waals surface area contributed by atoms with E-state index in [1.54, 1.807) is 12.1 Å². The average molecular weight is 260 g/mol. The number of aryl methyl sites for hydroxylation is 1. The van der Waals surface area contributed by atoms with E-state index in [4.69, 9.17) is 11.6 Å². The predicted octanol–water partition coefficient (Wildman–Crippen LogP) is 1.71. The number of benzene rings is 1. The summed E-state index contributed by atoms with van der Waals surface area (Å²) in [6, 6.07) is 4.78. The van der Waals surface area contributed by atoms with E-state index in [-0.39, 0.29) is 12.2 Å². The first kappa shape index (κ1) is 11.4. The van der Waals surface area contributed by atoms with Crippen molar-refractivity contribution in [3.05, 3.63) is 28.8 Å². The van der Waals surface area contributed by atoms with Crippen molar-refractivity contribution in [2.24, 2.45) is 0 Å². The van der Waals surface area contributed by atoms with Crippen LogP contribution in [0.25, 0.3) is 0 Å². The first-order valence-corrected chi connectivity index (χ1v) is 6.72. The van der Waals surface area contributed by atoms with Gasteiger partial charge in [0.15, 0.2) is 0 Å². The molecule has 0 radical (unpaired) electrons. The smallest absolute Gasteiger partial charge is 0.242 e. The topological polar surface area (TPSA) is 54.5 Å². The number of hydrogen-bond donors (Lipinski definition) is 0. The van der Waals surface area contributed by atoms with Crippen LogP contribution in [0.4, 0.5) is 5.69 Å². The highest BCUT2D eigenvalue weighted by Gasteiger charge is 2.36.